The number of para-hydroxylation sites is 1. The quantitative estimate of drug-likeness (QED) is 0.548. The predicted molar refractivity (Wildman–Crippen MR) is 137 cm³/mol. The minimum atomic E-state index is 0.104. The number of amides is 1. The number of piperidine rings is 1. The Morgan fingerprint density at radius 2 is 1.88 bits per heavy atom. The SMILES string of the molecule is C[C@H](c1nnc(SCC(=O)N[C@@H]2C[C@H]3CC[C@@]2(C)C3(C)C)n1-c1ccccc1)N1CCCCC1. The molecular formula is C27H39N5OS. The number of likely N-dealkylation sites (tertiary alicyclic amines) is 1. The minimum absolute atomic E-state index is 0.104. The van der Waals surface area contributed by atoms with E-state index in [4.69, 9.17) is 0 Å². The molecule has 1 N–H and O–H groups in total. The maximum absolute atomic E-state index is 13.0. The Labute approximate surface area is 208 Å². The molecule has 4 atom stereocenters. The number of rotatable bonds is 7. The molecule has 0 spiro atoms. The lowest BCUT2D eigenvalue weighted by Gasteiger charge is -2.39. The summed E-state index contributed by atoms with van der Waals surface area (Å²) in [6, 6.07) is 10.8. The predicted octanol–water partition coefficient (Wildman–Crippen LogP) is 5.24. The van der Waals surface area contributed by atoms with E-state index >= 15 is 0 Å². The van der Waals surface area contributed by atoms with Crippen molar-refractivity contribution in [1.29, 1.82) is 0 Å². The van der Waals surface area contributed by atoms with Gasteiger partial charge in [-0.25, -0.2) is 0 Å². The Kier molecular flexibility index (Phi) is 6.53. The van der Waals surface area contributed by atoms with Gasteiger partial charge in [-0.05, 0) is 81.0 Å². The molecule has 1 saturated heterocycles. The lowest BCUT2D eigenvalue weighted by Crippen LogP contribution is -2.47. The molecule has 34 heavy (non-hydrogen) atoms. The number of aromatic nitrogens is 3. The lowest BCUT2D eigenvalue weighted by molar-refractivity contribution is -0.120. The summed E-state index contributed by atoms with van der Waals surface area (Å²) >= 11 is 1.50. The van der Waals surface area contributed by atoms with Gasteiger partial charge in [-0.3, -0.25) is 14.3 Å². The Balaban J connectivity index is 1.31. The Morgan fingerprint density at radius 1 is 1.15 bits per heavy atom. The van der Waals surface area contributed by atoms with Crippen LogP contribution in [0.3, 0.4) is 0 Å². The number of hydrogen-bond acceptors (Lipinski definition) is 5. The van der Waals surface area contributed by atoms with Crippen LogP contribution in [0.15, 0.2) is 35.5 Å². The highest BCUT2D eigenvalue weighted by atomic mass is 32.2. The zero-order chi connectivity index (χ0) is 23.9. The van der Waals surface area contributed by atoms with E-state index in [1.165, 1.54) is 43.9 Å². The van der Waals surface area contributed by atoms with Gasteiger partial charge in [0.25, 0.3) is 0 Å². The normalized spacial score (nSPS) is 29.3. The van der Waals surface area contributed by atoms with Gasteiger partial charge < -0.3 is 5.32 Å². The summed E-state index contributed by atoms with van der Waals surface area (Å²) in [5.41, 5.74) is 1.54. The second-order valence-corrected chi connectivity index (χ2v) is 12.2. The third kappa shape index (κ3) is 4.09. The van der Waals surface area contributed by atoms with Crippen LogP contribution in [0, 0.1) is 16.7 Å². The molecule has 0 unspecified atom stereocenters. The largest absolute Gasteiger partial charge is 0.352 e. The van der Waals surface area contributed by atoms with E-state index in [9.17, 15) is 4.79 Å². The van der Waals surface area contributed by atoms with Crippen molar-refractivity contribution in [2.45, 2.75) is 83.5 Å². The van der Waals surface area contributed by atoms with Crippen LogP contribution in [0.5, 0.6) is 0 Å². The highest BCUT2D eigenvalue weighted by molar-refractivity contribution is 7.99. The topological polar surface area (TPSA) is 63.1 Å². The van der Waals surface area contributed by atoms with Crippen molar-refractivity contribution in [1.82, 2.24) is 25.0 Å². The van der Waals surface area contributed by atoms with Gasteiger partial charge in [0.2, 0.25) is 5.91 Å². The maximum Gasteiger partial charge on any atom is 0.230 e. The second-order valence-electron chi connectivity index (χ2n) is 11.3. The summed E-state index contributed by atoms with van der Waals surface area (Å²) in [6.07, 6.45) is 7.40. The lowest BCUT2D eigenvalue weighted by atomic mass is 9.69. The molecule has 2 heterocycles. The van der Waals surface area contributed by atoms with Gasteiger partial charge >= 0.3 is 0 Å². The molecule has 0 radical (unpaired) electrons. The monoisotopic (exact) mass is 481 g/mol. The molecule has 2 bridgehead atoms. The molecule has 6 nitrogen and oxygen atoms in total. The summed E-state index contributed by atoms with van der Waals surface area (Å²) in [7, 11) is 0. The smallest absolute Gasteiger partial charge is 0.230 e. The number of nitrogens with one attached hydrogen (secondary N) is 1. The van der Waals surface area contributed by atoms with Gasteiger partial charge in [0.15, 0.2) is 11.0 Å². The fourth-order valence-electron chi connectivity index (χ4n) is 6.72. The first-order valence-corrected chi connectivity index (χ1v) is 14.0. The standard InChI is InChI=1S/C27H39N5OS/c1-19(31-15-9-6-10-16-31)24-29-30-25(32(24)21-11-7-5-8-12-21)34-18-23(33)28-22-17-20-13-14-27(22,4)26(20,2)3/h5,7-8,11-12,19-20,22H,6,9-10,13-18H2,1-4H3,(H,28,33)/t19-,20-,22-,27-/m1/s1. The second kappa shape index (κ2) is 9.30. The zero-order valence-electron chi connectivity index (χ0n) is 21.1. The molecule has 7 heteroatoms. The van der Waals surface area contributed by atoms with Gasteiger partial charge in [0.05, 0.1) is 11.8 Å². The van der Waals surface area contributed by atoms with Crippen LogP contribution >= 0.6 is 11.8 Å². The number of hydrogen-bond donors (Lipinski definition) is 1. The van der Waals surface area contributed by atoms with Crippen LogP contribution in [-0.2, 0) is 4.79 Å². The molecular weight excluding hydrogens is 442 g/mol. The minimum Gasteiger partial charge on any atom is -0.352 e. The van der Waals surface area contributed by atoms with E-state index in [0.717, 1.165) is 42.1 Å². The summed E-state index contributed by atoms with van der Waals surface area (Å²) in [4.78, 5) is 15.5. The van der Waals surface area contributed by atoms with Gasteiger partial charge in [-0.15, -0.1) is 10.2 Å². The van der Waals surface area contributed by atoms with Crippen LogP contribution in [-0.4, -0.2) is 50.5 Å². The van der Waals surface area contributed by atoms with Crippen LogP contribution in [0.25, 0.3) is 5.69 Å². The van der Waals surface area contributed by atoms with Crippen LogP contribution in [0.1, 0.15) is 78.1 Å². The summed E-state index contributed by atoms with van der Waals surface area (Å²) < 4.78 is 2.15. The van der Waals surface area contributed by atoms with Crippen LogP contribution in [0.2, 0.25) is 0 Å². The molecule has 2 saturated carbocycles. The Hall–Kier alpha value is -1.86. The molecule has 3 fully saturated rings. The van der Waals surface area contributed by atoms with Crippen molar-refractivity contribution in [3.8, 4) is 5.69 Å². The molecule has 1 aromatic heterocycles. The van der Waals surface area contributed by atoms with Crippen molar-refractivity contribution in [2.24, 2.45) is 16.7 Å². The molecule has 1 aromatic carbocycles. The maximum atomic E-state index is 13.0. The van der Waals surface area contributed by atoms with Crippen molar-refractivity contribution in [3.05, 3.63) is 36.2 Å². The molecule has 1 aliphatic heterocycles. The van der Waals surface area contributed by atoms with Crippen LogP contribution < -0.4 is 5.32 Å². The molecule has 2 aromatic rings. The van der Waals surface area contributed by atoms with E-state index in [1.807, 2.05) is 18.2 Å². The third-order valence-corrected chi connectivity index (χ3v) is 10.4. The number of thioether (sulfide) groups is 1. The molecule has 1 amide bonds. The fourth-order valence-corrected chi connectivity index (χ4v) is 7.49. The third-order valence-electron chi connectivity index (χ3n) is 9.45. The van der Waals surface area contributed by atoms with E-state index in [1.54, 1.807) is 0 Å². The van der Waals surface area contributed by atoms with Crippen molar-refractivity contribution in [2.75, 3.05) is 18.8 Å². The number of nitrogens with zero attached hydrogens (tertiary/aromatic N) is 4. The summed E-state index contributed by atoms with van der Waals surface area (Å²) in [5.74, 6) is 2.14. The first-order chi connectivity index (χ1) is 16.3. The molecule has 3 aliphatic rings. The van der Waals surface area contributed by atoms with E-state index in [0.29, 0.717) is 11.2 Å². The van der Waals surface area contributed by atoms with Gasteiger partial charge in [-0.1, -0.05) is 57.2 Å². The number of benzene rings is 1. The fraction of sp³-hybridized carbons (Fsp3) is 0.667. The number of carbonyl (C=O) groups excluding carboxylic acids is 1. The van der Waals surface area contributed by atoms with Crippen molar-refractivity contribution in [3.63, 3.8) is 0 Å². The van der Waals surface area contributed by atoms with Crippen molar-refractivity contribution >= 4 is 17.7 Å². The first-order valence-electron chi connectivity index (χ1n) is 13.0. The van der Waals surface area contributed by atoms with E-state index < -0.39 is 0 Å². The first kappa shape index (κ1) is 23.9. The number of carbonyl (C=O) groups is 1. The van der Waals surface area contributed by atoms with Gasteiger partial charge in [0, 0.05) is 11.7 Å². The van der Waals surface area contributed by atoms with Crippen molar-refractivity contribution < 1.29 is 4.79 Å². The summed E-state index contributed by atoms with van der Waals surface area (Å²) in [6.45, 7) is 11.6. The van der Waals surface area contributed by atoms with E-state index in [-0.39, 0.29) is 23.4 Å². The highest BCUT2D eigenvalue weighted by Crippen LogP contribution is 2.65. The van der Waals surface area contributed by atoms with E-state index in [2.05, 4.69) is 64.8 Å². The average molecular weight is 482 g/mol. The van der Waals surface area contributed by atoms with Gasteiger partial charge in [-0.2, -0.15) is 0 Å². The average Bonchev–Trinajstić information content (AvgIpc) is 3.43. The van der Waals surface area contributed by atoms with Gasteiger partial charge in [0.1, 0.15) is 0 Å². The highest BCUT2D eigenvalue weighted by Gasteiger charge is 2.61. The molecule has 5 rings (SSSR count). The molecule has 2 aliphatic carbocycles. The molecule has 184 valence electrons. The zero-order valence-corrected chi connectivity index (χ0v) is 21.9. The summed E-state index contributed by atoms with van der Waals surface area (Å²) in [5, 5.41) is 13.4. The Bertz CT molecular complexity index is 1020. The van der Waals surface area contributed by atoms with Crippen LogP contribution in [0.4, 0.5) is 0 Å². The Morgan fingerprint density at radius 3 is 2.53 bits per heavy atom. The number of fused-ring (bicyclic) bond motifs is 2.